The van der Waals surface area contributed by atoms with Crippen molar-refractivity contribution in [3.8, 4) is 0 Å². The Kier molecular flexibility index (Phi) is 8.90. The topological polar surface area (TPSA) is 81.7 Å². The van der Waals surface area contributed by atoms with E-state index in [0.29, 0.717) is 16.5 Å². The highest BCUT2D eigenvalue weighted by Gasteiger charge is 2.24. The van der Waals surface area contributed by atoms with Crippen LogP contribution in [0.5, 0.6) is 0 Å². The van der Waals surface area contributed by atoms with Crippen LogP contribution in [0.15, 0.2) is 30.3 Å². The van der Waals surface area contributed by atoms with Gasteiger partial charge in [-0.15, -0.1) is 0 Å². The van der Waals surface area contributed by atoms with Crippen molar-refractivity contribution in [2.24, 2.45) is 0 Å². The number of anilines is 2. The maximum Gasteiger partial charge on any atom is 0.256 e. The summed E-state index contributed by atoms with van der Waals surface area (Å²) in [6.07, 6.45) is 0.392. The van der Waals surface area contributed by atoms with E-state index in [9.17, 15) is 27.9 Å². The molecule has 0 unspecified atom stereocenters. The fraction of sp³-hybridized carbons (Fsp3) is 0.300. The summed E-state index contributed by atoms with van der Waals surface area (Å²) >= 11 is 1.91. The minimum absolute atomic E-state index is 0.0464. The van der Waals surface area contributed by atoms with Crippen molar-refractivity contribution < 1.29 is 27.9 Å². The first-order valence-corrected chi connectivity index (χ1v) is 10.2. The van der Waals surface area contributed by atoms with Gasteiger partial charge in [-0.3, -0.25) is 9.59 Å². The number of carbonyl (C=O) groups is 2. The van der Waals surface area contributed by atoms with Crippen LogP contribution in [-0.2, 0) is 4.79 Å². The summed E-state index contributed by atoms with van der Waals surface area (Å²) in [6.45, 7) is 1.44. The van der Waals surface area contributed by atoms with Gasteiger partial charge in [0.15, 0.2) is 11.6 Å². The lowest BCUT2D eigenvalue weighted by atomic mass is 10.1. The van der Waals surface area contributed by atoms with Gasteiger partial charge in [-0.1, -0.05) is 0 Å². The Bertz CT molecular complexity index is 928. The fourth-order valence-electron chi connectivity index (χ4n) is 2.72. The Labute approximate surface area is 185 Å². The quantitative estimate of drug-likeness (QED) is 0.340. The maximum absolute atomic E-state index is 14.5. The van der Waals surface area contributed by atoms with E-state index < -0.39 is 29.0 Å². The number of aliphatic hydroxyl groups excluding tert-OH is 1. The molecule has 0 aromatic heterocycles. The lowest BCUT2D eigenvalue weighted by Crippen LogP contribution is -2.36. The van der Waals surface area contributed by atoms with Crippen LogP contribution in [0.3, 0.4) is 0 Å². The van der Waals surface area contributed by atoms with Crippen LogP contribution < -0.4 is 10.6 Å². The second-order valence-corrected chi connectivity index (χ2v) is 7.63. The van der Waals surface area contributed by atoms with Gasteiger partial charge >= 0.3 is 0 Å². The van der Waals surface area contributed by atoms with Crippen LogP contribution in [0.1, 0.15) is 23.7 Å². The molecule has 2 aromatic rings. The molecule has 0 aliphatic heterocycles. The molecule has 0 saturated heterocycles. The molecule has 0 bridgehead atoms. The number of halogens is 4. The number of carbonyl (C=O) groups excluding carboxylic acids is 2. The average molecular weight is 535 g/mol. The van der Waals surface area contributed by atoms with Gasteiger partial charge in [0, 0.05) is 30.1 Å². The summed E-state index contributed by atoms with van der Waals surface area (Å²) in [7, 11) is 0. The van der Waals surface area contributed by atoms with Crippen molar-refractivity contribution in [1.29, 1.82) is 0 Å². The maximum atomic E-state index is 14.5. The van der Waals surface area contributed by atoms with Crippen LogP contribution in [0.2, 0.25) is 0 Å². The van der Waals surface area contributed by atoms with Gasteiger partial charge in [0.1, 0.15) is 5.82 Å². The first kappa shape index (κ1) is 23.9. The molecule has 6 nitrogen and oxygen atoms in total. The summed E-state index contributed by atoms with van der Waals surface area (Å²) < 4.78 is 43.2. The van der Waals surface area contributed by atoms with Crippen molar-refractivity contribution >= 4 is 45.8 Å². The summed E-state index contributed by atoms with van der Waals surface area (Å²) in [4.78, 5) is 25.2. The van der Waals surface area contributed by atoms with Crippen molar-refractivity contribution in [3.05, 3.63) is 56.9 Å². The van der Waals surface area contributed by atoms with E-state index in [1.54, 1.807) is 6.07 Å². The fourth-order valence-corrected chi connectivity index (χ4v) is 3.17. The number of hydrogen-bond acceptors (Lipinski definition) is 4. The second-order valence-electron chi connectivity index (χ2n) is 6.39. The molecule has 0 spiro atoms. The van der Waals surface area contributed by atoms with E-state index in [2.05, 4.69) is 10.6 Å². The average Bonchev–Trinajstić information content (AvgIpc) is 2.69. The lowest BCUT2D eigenvalue weighted by Gasteiger charge is -2.24. The number of amides is 2. The zero-order valence-corrected chi connectivity index (χ0v) is 18.3. The third-order valence-corrected chi connectivity index (χ3v) is 4.82. The minimum Gasteiger partial charge on any atom is -0.395 e. The highest BCUT2D eigenvalue weighted by Crippen LogP contribution is 2.29. The summed E-state index contributed by atoms with van der Waals surface area (Å²) in [5.41, 5.74) is -0.821. The van der Waals surface area contributed by atoms with Gasteiger partial charge in [-0.25, -0.2) is 13.2 Å². The third kappa shape index (κ3) is 6.33. The molecule has 30 heavy (non-hydrogen) atoms. The predicted molar refractivity (Wildman–Crippen MR) is 115 cm³/mol. The second kappa shape index (κ2) is 11.2. The lowest BCUT2D eigenvalue weighted by molar-refractivity contribution is -0.118. The van der Waals surface area contributed by atoms with Crippen molar-refractivity contribution in [2.75, 3.05) is 31.6 Å². The molecule has 2 aromatic carbocycles. The largest absolute Gasteiger partial charge is 0.395 e. The number of benzene rings is 2. The smallest absolute Gasteiger partial charge is 0.256 e. The molecular formula is C20H21F3IN3O3. The SMILES string of the molecule is CC(=O)NCCCN(CCO)C(=O)c1ccc(F)c(F)c1Nc1ccc(I)cc1F. The van der Waals surface area contributed by atoms with Gasteiger partial charge in [0.05, 0.1) is 23.5 Å². The number of rotatable bonds is 9. The molecule has 0 fully saturated rings. The van der Waals surface area contributed by atoms with Crippen LogP contribution in [-0.4, -0.2) is 48.1 Å². The number of nitrogens with one attached hydrogen (secondary N) is 2. The Morgan fingerprint density at radius 1 is 1.10 bits per heavy atom. The highest BCUT2D eigenvalue weighted by molar-refractivity contribution is 14.1. The minimum atomic E-state index is -1.32. The zero-order chi connectivity index (χ0) is 22.3. The van der Waals surface area contributed by atoms with Gasteiger partial charge in [0.25, 0.3) is 5.91 Å². The van der Waals surface area contributed by atoms with Crippen molar-refractivity contribution in [2.45, 2.75) is 13.3 Å². The Morgan fingerprint density at radius 2 is 1.83 bits per heavy atom. The van der Waals surface area contributed by atoms with Crippen LogP contribution in [0.4, 0.5) is 24.5 Å². The monoisotopic (exact) mass is 535 g/mol. The first-order valence-electron chi connectivity index (χ1n) is 9.09. The van der Waals surface area contributed by atoms with Gasteiger partial charge < -0.3 is 20.6 Å². The number of nitrogens with zero attached hydrogens (tertiary/aromatic N) is 1. The molecule has 0 radical (unpaired) electrons. The molecule has 3 N–H and O–H groups in total. The normalized spacial score (nSPS) is 10.6. The molecular weight excluding hydrogens is 514 g/mol. The van der Waals surface area contributed by atoms with Crippen molar-refractivity contribution in [3.63, 3.8) is 0 Å². The number of aliphatic hydroxyl groups is 1. The van der Waals surface area contributed by atoms with Crippen molar-refractivity contribution in [1.82, 2.24) is 10.2 Å². The number of hydrogen-bond donors (Lipinski definition) is 3. The third-order valence-electron chi connectivity index (χ3n) is 4.15. The molecule has 10 heteroatoms. The Balaban J connectivity index is 2.32. The molecule has 2 rings (SSSR count). The summed E-state index contributed by atoms with van der Waals surface area (Å²) in [5, 5.41) is 14.3. The van der Waals surface area contributed by atoms with Gasteiger partial charge in [0.2, 0.25) is 5.91 Å². The van der Waals surface area contributed by atoms with E-state index in [4.69, 9.17) is 0 Å². The first-order chi connectivity index (χ1) is 14.2. The van der Waals surface area contributed by atoms with Gasteiger partial charge in [-0.2, -0.15) is 0 Å². The van der Waals surface area contributed by atoms with E-state index in [1.807, 2.05) is 22.6 Å². The molecule has 0 aliphatic carbocycles. The molecule has 162 valence electrons. The standard InChI is InChI=1S/C20H21F3IN3O3/c1-12(29)25-7-2-8-27(9-10-28)20(30)14-4-5-15(21)18(23)19(14)26-17-6-3-13(24)11-16(17)22/h3-6,11,26,28H,2,7-10H2,1H3,(H,25,29). The Hall–Kier alpha value is -2.34. The summed E-state index contributed by atoms with van der Waals surface area (Å²) in [6, 6.07) is 6.05. The van der Waals surface area contributed by atoms with Crippen LogP contribution in [0.25, 0.3) is 0 Å². The molecule has 0 aliphatic rings. The predicted octanol–water partition coefficient (Wildman–Crippen LogP) is 3.41. The summed E-state index contributed by atoms with van der Waals surface area (Å²) in [5.74, 6) is -4.09. The Morgan fingerprint density at radius 3 is 2.47 bits per heavy atom. The van der Waals surface area contributed by atoms with E-state index >= 15 is 0 Å². The van der Waals surface area contributed by atoms with Gasteiger partial charge in [-0.05, 0) is 59.3 Å². The van der Waals surface area contributed by atoms with Crippen LogP contribution >= 0.6 is 22.6 Å². The molecule has 0 saturated carbocycles. The van der Waals surface area contributed by atoms with Crippen LogP contribution in [0, 0.1) is 21.0 Å². The highest BCUT2D eigenvalue weighted by atomic mass is 127. The van der Waals surface area contributed by atoms with E-state index in [-0.39, 0.29) is 36.9 Å². The molecule has 2 amide bonds. The van der Waals surface area contributed by atoms with E-state index in [1.165, 1.54) is 24.0 Å². The van der Waals surface area contributed by atoms with E-state index in [0.717, 1.165) is 12.1 Å². The molecule has 0 heterocycles. The zero-order valence-electron chi connectivity index (χ0n) is 16.1. The molecule has 0 atom stereocenters.